The number of hydrogen-bond donors (Lipinski definition) is 1. The minimum Gasteiger partial charge on any atom is -0.490 e. The summed E-state index contributed by atoms with van der Waals surface area (Å²) in [6.07, 6.45) is 2.27. The standard InChI is InChI=1S/C32H32ClIN2O7/c1-4-13-42-26-12-11-20(16-27(26)40-5-2)18-36-31(38)23(30(37)35-32(36)39)14-21-15-25(34)29(28(17-21)41-6-3)43-19-22-9-7-8-10-24(22)33/h7-12,14-17H,4-6,13,18-19H2,1-3H3,(H,35,37,39)/b23-14+. The van der Waals surface area contributed by atoms with Gasteiger partial charge >= 0.3 is 6.03 Å². The maximum absolute atomic E-state index is 13.5. The maximum atomic E-state index is 13.5. The van der Waals surface area contributed by atoms with Gasteiger partial charge in [-0.25, -0.2) is 4.79 Å². The van der Waals surface area contributed by atoms with Crippen LogP contribution in [0.15, 0.2) is 60.2 Å². The predicted octanol–water partition coefficient (Wildman–Crippen LogP) is 6.77. The van der Waals surface area contributed by atoms with Gasteiger partial charge in [-0.15, -0.1) is 0 Å². The molecule has 226 valence electrons. The van der Waals surface area contributed by atoms with E-state index in [-0.39, 0.29) is 18.7 Å². The number of rotatable bonds is 13. The van der Waals surface area contributed by atoms with Gasteiger partial charge in [0.25, 0.3) is 11.8 Å². The van der Waals surface area contributed by atoms with Crippen LogP contribution < -0.4 is 24.3 Å². The molecule has 0 aliphatic carbocycles. The molecule has 0 unspecified atom stereocenters. The van der Waals surface area contributed by atoms with Crippen LogP contribution >= 0.6 is 34.2 Å². The molecule has 1 aliphatic rings. The molecule has 0 saturated carbocycles. The normalized spacial score (nSPS) is 14.1. The topological polar surface area (TPSA) is 103 Å². The Morgan fingerprint density at radius 1 is 0.884 bits per heavy atom. The van der Waals surface area contributed by atoms with Crippen LogP contribution in [-0.2, 0) is 22.7 Å². The van der Waals surface area contributed by atoms with Crippen LogP contribution in [-0.4, -0.2) is 42.6 Å². The van der Waals surface area contributed by atoms with E-state index in [0.717, 1.165) is 16.9 Å². The molecule has 1 N–H and O–H groups in total. The summed E-state index contributed by atoms with van der Waals surface area (Å²) in [5.74, 6) is 0.550. The molecule has 0 atom stereocenters. The van der Waals surface area contributed by atoms with Gasteiger partial charge in [-0.2, -0.15) is 0 Å². The molecule has 1 fully saturated rings. The molecule has 1 aliphatic heterocycles. The van der Waals surface area contributed by atoms with Crippen molar-refractivity contribution in [3.8, 4) is 23.0 Å². The summed E-state index contributed by atoms with van der Waals surface area (Å²) in [5, 5.41) is 2.86. The van der Waals surface area contributed by atoms with Gasteiger partial charge in [-0.05, 0) is 90.4 Å². The monoisotopic (exact) mass is 718 g/mol. The number of carbonyl (C=O) groups is 3. The second kappa shape index (κ2) is 15.1. The summed E-state index contributed by atoms with van der Waals surface area (Å²) >= 11 is 8.39. The van der Waals surface area contributed by atoms with E-state index >= 15 is 0 Å². The highest BCUT2D eigenvalue weighted by atomic mass is 127. The number of halogens is 2. The molecule has 1 heterocycles. The van der Waals surface area contributed by atoms with Crippen molar-refractivity contribution in [2.45, 2.75) is 40.3 Å². The van der Waals surface area contributed by atoms with E-state index in [9.17, 15) is 14.4 Å². The Morgan fingerprint density at radius 3 is 2.35 bits per heavy atom. The minimum absolute atomic E-state index is 0.0695. The number of amides is 4. The average molecular weight is 719 g/mol. The number of urea groups is 1. The molecule has 43 heavy (non-hydrogen) atoms. The zero-order chi connectivity index (χ0) is 30.9. The van der Waals surface area contributed by atoms with Crippen molar-refractivity contribution in [1.82, 2.24) is 10.2 Å². The van der Waals surface area contributed by atoms with Crippen molar-refractivity contribution >= 4 is 58.1 Å². The first-order valence-electron chi connectivity index (χ1n) is 13.9. The fourth-order valence-electron chi connectivity index (χ4n) is 4.28. The summed E-state index contributed by atoms with van der Waals surface area (Å²) in [6, 6.07) is 15.3. The number of imide groups is 2. The number of barbiturate groups is 1. The average Bonchev–Trinajstić information content (AvgIpc) is 2.98. The summed E-state index contributed by atoms with van der Waals surface area (Å²) < 4.78 is 24.1. The molecule has 9 nitrogen and oxygen atoms in total. The molecule has 0 spiro atoms. The molecule has 0 radical (unpaired) electrons. The Labute approximate surface area is 269 Å². The van der Waals surface area contributed by atoms with Crippen LogP contribution in [0.4, 0.5) is 4.79 Å². The zero-order valence-electron chi connectivity index (χ0n) is 24.1. The molecule has 3 aromatic rings. The van der Waals surface area contributed by atoms with Gasteiger partial charge < -0.3 is 18.9 Å². The third-order valence-corrected chi connectivity index (χ3v) is 7.44. The Bertz CT molecular complexity index is 1540. The highest BCUT2D eigenvalue weighted by Crippen LogP contribution is 2.36. The van der Waals surface area contributed by atoms with Crippen LogP contribution in [0.2, 0.25) is 5.02 Å². The molecule has 4 amide bonds. The number of hydrogen-bond acceptors (Lipinski definition) is 7. The first-order valence-corrected chi connectivity index (χ1v) is 15.3. The highest BCUT2D eigenvalue weighted by molar-refractivity contribution is 14.1. The van der Waals surface area contributed by atoms with E-state index in [2.05, 4.69) is 27.9 Å². The van der Waals surface area contributed by atoms with Crippen LogP contribution in [0.1, 0.15) is 43.9 Å². The van der Waals surface area contributed by atoms with E-state index < -0.39 is 17.8 Å². The smallest absolute Gasteiger partial charge is 0.331 e. The lowest BCUT2D eigenvalue weighted by molar-refractivity contribution is -0.130. The van der Waals surface area contributed by atoms with Crippen molar-refractivity contribution in [2.24, 2.45) is 0 Å². The lowest BCUT2D eigenvalue weighted by atomic mass is 10.1. The van der Waals surface area contributed by atoms with E-state index in [1.807, 2.05) is 39.0 Å². The number of ether oxygens (including phenoxy) is 4. The quantitative estimate of drug-likeness (QED) is 0.118. The molecular weight excluding hydrogens is 687 g/mol. The van der Waals surface area contributed by atoms with Gasteiger partial charge in [0.05, 0.1) is 29.9 Å². The first kappa shape index (κ1) is 32.2. The van der Waals surface area contributed by atoms with Crippen molar-refractivity contribution in [1.29, 1.82) is 0 Å². The van der Waals surface area contributed by atoms with Crippen molar-refractivity contribution in [3.05, 3.63) is 85.5 Å². The number of nitrogens with one attached hydrogen (secondary N) is 1. The van der Waals surface area contributed by atoms with E-state index in [1.165, 1.54) is 6.08 Å². The van der Waals surface area contributed by atoms with E-state index in [1.54, 1.807) is 36.4 Å². The third kappa shape index (κ3) is 7.99. The third-order valence-electron chi connectivity index (χ3n) is 6.27. The zero-order valence-corrected chi connectivity index (χ0v) is 27.0. The molecule has 3 aromatic carbocycles. The van der Waals surface area contributed by atoms with Crippen LogP contribution in [0, 0.1) is 3.57 Å². The fourth-order valence-corrected chi connectivity index (χ4v) is 5.25. The fraction of sp³-hybridized carbons (Fsp3) is 0.281. The molecular formula is C32H32ClIN2O7. The Hall–Kier alpha value is -3.77. The SMILES string of the molecule is CCCOc1ccc(CN2C(=O)NC(=O)/C(=C\c3cc(I)c(OCc4ccccc4Cl)c(OCC)c3)C2=O)cc1OCC. The molecule has 4 rings (SSSR count). The Kier molecular flexibility index (Phi) is 11.3. The summed E-state index contributed by atoms with van der Waals surface area (Å²) in [5.41, 5.74) is 1.80. The summed E-state index contributed by atoms with van der Waals surface area (Å²) in [6.45, 7) is 7.18. The summed E-state index contributed by atoms with van der Waals surface area (Å²) in [4.78, 5) is 40.0. The van der Waals surface area contributed by atoms with Gasteiger partial charge in [0.15, 0.2) is 23.0 Å². The maximum Gasteiger partial charge on any atom is 0.331 e. The van der Waals surface area contributed by atoms with Gasteiger partial charge in [-0.3, -0.25) is 19.8 Å². The van der Waals surface area contributed by atoms with Crippen LogP contribution in [0.3, 0.4) is 0 Å². The highest BCUT2D eigenvalue weighted by Gasteiger charge is 2.36. The predicted molar refractivity (Wildman–Crippen MR) is 172 cm³/mol. The number of benzene rings is 3. The Morgan fingerprint density at radius 2 is 1.63 bits per heavy atom. The first-order chi connectivity index (χ1) is 20.7. The van der Waals surface area contributed by atoms with Crippen molar-refractivity contribution in [3.63, 3.8) is 0 Å². The number of carbonyl (C=O) groups excluding carboxylic acids is 3. The van der Waals surface area contributed by atoms with Crippen molar-refractivity contribution < 1.29 is 33.3 Å². The lowest BCUT2D eigenvalue weighted by Gasteiger charge is -2.26. The minimum atomic E-state index is -0.802. The second-order valence-electron chi connectivity index (χ2n) is 9.41. The van der Waals surface area contributed by atoms with Gasteiger partial charge in [0.2, 0.25) is 0 Å². The van der Waals surface area contributed by atoms with Crippen LogP contribution in [0.5, 0.6) is 23.0 Å². The van der Waals surface area contributed by atoms with E-state index in [4.69, 9.17) is 30.5 Å². The van der Waals surface area contributed by atoms with Gasteiger partial charge in [0, 0.05) is 10.6 Å². The molecule has 0 aromatic heterocycles. The largest absolute Gasteiger partial charge is 0.490 e. The van der Waals surface area contributed by atoms with Gasteiger partial charge in [-0.1, -0.05) is 42.8 Å². The second-order valence-corrected chi connectivity index (χ2v) is 11.0. The number of nitrogens with zero attached hydrogens (tertiary/aromatic N) is 1. The van der Waals surface area contributed by atoms with Gasteiger partial charge in [0.1, 0.15) is 12.2 Å². The Balaban J connectivity index is 1.59. The van der Waals surface area contributed by atoms with Crippen LogP contribution in [0.25, 0.3) is 6.08 Å². The van der Waals surface area contributed by atoms with Crippen molar-refractivity contribution in [2.75, 3.05) is 19.8 Å². The lowest BCUT2D eigenvalue weighted by Crippen LogP contribution is -2.53. The summed E-state index contributed by atoms with van der Waals surface area (Å²) in [7, 11) is 0. The molecule has 11 heteroatoms. The molecule has 1 saturated heterocycles. The molecule has 0 bridgehead atoms. The van der Waals surface area contributed by atoms with E-state index in [0.29, 0.717) is 62.5 Å².